The Kier molecular flexibility index (Phi) is 5.08. The molecular formula is C16H15NO5. The predicted molar refractivity (Wildman–Crippen MR) is 79.2 cm³/mol. The van der Waals surface area contributed by atoms with E-state index >= 15 is 0 Å². The first kappa shape index (κ1) is 15.5. The zero-order valence-corrected chi connectivity index (χ0v) is 12.0. The van der Waals surface area contributed by atoms with Gasteiger partial charge in [0.15, 0.2) is 0 Å². The van der Waals surface area contributed by atoms with Crippen LogP contribution in [0.4, 0.5) is 10.5 Å². The van der Waals surface area contributed by atoms with Crippen molar-refractivity contribution >= 4 is 11.8 Å². The second-order valence-electron chi connectivity index (χ2n) is 4.74. The Morgan fingerprint density at radius 1 is 0.955 bits per heavy atom. The van der Waals surface area contributed by atoms with Gasteiger partial charge < -0.3 is 9.47 Å². The molecule has 0 aromatic heterocycles. The Labute approximate surface area is 127 Å². The van der Waals surface area contributed by atoms with Gasteiger partial charge in [-0.15, -0.1) is 0 Å². The first-order valence-corrected chi connectivity index (χ1v) is 6.63. The molecule has 2 aromatic rings. The van der Waals surface area contributed by atoms with Crippen LogP contribution in [0.5, 0.6) is 0 Å². The molecule has 114 valence electrons. The molecule has 0 heterocycles. The minimum atomic E-state index is -0.779. The average molecular weight is 301 g/mol. The van der Waals surface area contributed by atoms with Crippen LogP contribution in [0.3, 0.4) is 0 Å². The molecule has 22 heavy (non-hydrogen) atoms. The van der Waals surface area contributed by atoms with E-state index < -0.39 is 11.1 Å². The molecule has 0 saturated heterocycles. The molecule has 0 fully saturated rings. The maximum Gasteiger partial charge on any atom is 0.508 e. The molecular weight excluding hydrogens is 286 g/mol. The summed E-state index contributed by atoms with van der Waals surface area (Å²) in [5.41, 5.74) is 2.64. The minimum absolute atomic E-state index is 0.00469. The van der Waals surface area contributed by atoms with Crippen molar-refractivity contribution < 1.29 is 19.2 Å². The van der Waals surface area contributed by atoms with Gasteiger partial charge >= 0.3 is 6.16 Å². The summed E-state index contributed by atoms with van der Waals surface area (Å²) in [6.45, 7) is 2.12. The van der Waals surface area contributed by atoms with Gasteiger partial charge in [-0.1, -0.05) is 29.8 Å². The molecule has 0 atom stereocenters. The number of hydrogen-bond acceptors (Lipinski definition) is 5. The van der Waals surface area contributed by atoms with E-state index in [0.29, 0.717) is 5.56 Å². The number of non-ortho nitro benzene ring substituents is 1. The van der Waals surface area contributed by atoms with Crippen molar-refractivity contribution in [3.63, 3.8) is 0 Å². The van der Waals surface area contributed by atoms with E-state index in [0.717, 1.165) is 11.1 Å². The molecule has 6 heteroatoms. The van der Waals surface area contributed by atoms with Crippen molar-refractivity contribution in [2.75, 3.05) is 0 Å². The van der Waals surface area contributed by atoms with E-state index in [1.807, 2.05) is 31.2 Å². The van der Waals surface area contributed by atoms with Gasteiger partial charge in [-0.3, -0.25) is 10.1 Å². The number of nitro benzene ring substituents is 1. The summed E-state index contributed by atoms with van der Waals surface area (Å²) < 4.78 is 9.93. The molecule has 0 aliphatic rings. The fourth-order valence-corrected chi connectivity index (χ4v) is 1.72. The lowest BCUT2D eigenvalue weighted by molar-refractivity contribution is -0.384. The van der Waals surface area contributed by atoms with Crippen molar-refractivity contribution in [1.82, 2.24) is 0 Å². The van der Waals surface area contributed by atoms with Crippen molar-refractivity contribution in [3.05, 3.63) is 75.3 Å². The highest BCUT2D eigenvalue weighted by Gasteiger charge is 2.07. The zero-order chi connectivity index (χ0) is 15.9. The molecule has 0 aliphatic heterocycles. The molecule has 0 radical (unpaired) electrons. The van der Waals surface area contributed by atoms with E-state index in [4.69, 9.17) is 9.47 Å². The van der Waals surface area contributed by atoms with Crippen molar-refractivity contribution in [1.29, 1.82) is 0 Å². The van der Waals surface area contributed by atoms with Gasteiger partial charge in [-0.2, -0.15) is 0 Å². The van der Waals surface area contributed by atoms with Crippen LogP contribution in [0, 0.1) is 17.0 Å². The number of ether oxygens (including phenoxy) is 2. The Balaban J connectivity index is 1.77. The summed E-state index contributed by atoms with van der Waals surface area (Å²) >= 11 is 0. The summed E-state index contributed by atoms with van der Waals surface area (Å²) in [7, 11) is 0. The van der Waals surface area contributed by atoms with Crippen LogP contribution in [0.15, 0.2) is 48.5 Å². The third kappa shape index (κ3) is 4.59. The Morgan fingerprint density at radius 3 is 1.86 bits per heavy atom. The van der Waals surface area contributed by atoms with E-state index in [2.05, 4.69) is 0 Å². The number of hydrogen-bond donors (Lipinski definition) is 0. The minimum Gasteiger partial charge on any atom is -0.429 e. The van der Waals surface area contributed by atoms with Crippen LogP contribution in [-0.2, 0) is 22.7 Å². The van der Waals surface area contributed by atoms with Crippen LogP contribution >= 0.6 is 0 Å². The number of carbonyl (C=O) groups is 1. The lowest BCUT2D eigenvalue weighted by Gasteiger charge is -2.06. The second-order valence-corrected chi connectivity index (χ2v) is 4.74. The van der Waals surface area contributed by atoms with Crippen LogP contribution in [-0.4, -0.2) is 11.1 Å². The first-order valence-electron chi connectivity index (χ1n) is 6.63. The van der Waals surface area contributed by atoms with Crippen LogP contribution < -0.4 is 0 Å². The molecule has 2 aromatic carbocycles. The van der Waals surface area contributed by atoms with Gasteiger partial charge in [0, 0.05) is 12.1 Å². The number of aryl methyl sites for hydroxylation is 1. The molecule has 0 spiro atoms. The van der Waals surface area contributed by atoms with E-state index in [1.54, 1.807) is 0 Å². The number of nitrogens with zero attached hydrogens (tertiary/aromatic N) is 1. The molecule has 6 nitrogen and oxygen atoms in total. The average Bonchev–Trinajstić information content (AvgIpc) is 2.52. The molecule has 0 saturated carbocycles. The van der Waals surface area contributed by atoms with Crippen molar-refractivity contribution in [2.45, 2.75) is 20.1 Å². The summed E-state index contributed by atoms with van der Waals surface area (Å²) in [4.78, 5) is 21.5. The number of nitro groups is 1. The standard InChI is InChI=1S/C16H15NO5/c1-12-2-4-13(5-3-12)10-21-16(18)22-11-14-6-8-15(9-7-14)17(19)20/h2-9H,10-11H2,1H3. The maximum absolute atomic E-state index is 11.5. The highest BCUT2D eigenvalue weighted by Crippen LogP contribution is 2.13. The number of rotatable bonds is 5. The van der Waals surface area contributed by atoms with Gasteiger partial charge in [0.05, 0.1) is 4.92 Å². The summed E-state index contributed by atoms with van der Waals surface area (Å²) in [6, 6.07) is 13.4. The lowest BCUT2D eigenvalue weighted by Crippen LogP contribution is -2.07. The van der Waals surface area contributed by atoms with Crippen molar-refractivity contribution in [3.8, 4) is 0 Å². The van der Waals surface area contributed by atoms with Crippen LogP contribution in [0.25, 0.3) is 0 Å². The highest BCUT2D eigenvalue weighted by atomic mass is 16.7. The smallest absolute Gasteiger partial charge is 0.429 e. The van der Waals surface area contributed by atoms with Gasteiger partial charge in [-0.25, -0.2) is 4.79 Å². The van der Waals surface area contributed by atoms with Gasteiger partial charge in [0.2, 0.25) is 0 Å². The quantitative estimate of drug-likeness (QED) is 0.477. The number of carbonyl (C=O) groups excluding carboxylic acids is 1. The van der Waals surface area contributed by atoms with Gasteiger partial charge in [0.25, 0.3) is 5.69 Å². The van der Waals surface area contributed by atoms with Gasteiger partial charge in [-0.05, 0) is 30.2 Å². The second kappa shape index (κ2) is 7.21. The normalized spacial score (nSPS) is 10.0. The lowest BCUT2D eigenvalue weighted by atomic mass is 10.2. The zero-order valence-electron chi connectivity index (χ0n) is 12.0. The topological polar surface area (TPSA) is 78.7 Å². The maximum atomic E-state index is 11.5. The summed E-state index contributed by atoms with van der Waals surface area (Å²) in [6.07, 6.45) is -0.779. The SMILES string of the molecule is Cc1ccc(COC(=O)OCc2ccc([N+](=O)[O-])cc2)cc1. The third-order valence-corrected chi connectivity index (χ3v) is 2.98. The predicted octanol–water partition coefficient (Wildman–Crippen LogP) is 3.76. The molecule has 0 aliphatic carbocycles. The fourth-order valence-electron chi connectivity index (χ4n) is 1.72. The first-order chi connectivity index (χ1) is 10.5. The van der Waals surface area contributed by atoms with E-state index in [-0.39, 0.29) is 18.9 Å². The Hall–Kier alpha value is -2.89. The van der Waals surface area contributed by atoms with Crippen molar-refractivity contribution in [2.24, 2.45) is 0 Å². The molecule has 0 N–H and O–H groups in total. The monoisotopic (exact) mass is 301 g/mol. The Morgan fingerprint density at radius 2 is 1.41 bits per heavy atom. The molecule has 0 bridgehead atoms. The molecule has 0 amide bonds. The van der Waals surface area contributed by atoms with Crippen LogP contribution in [0.1, 0.15) is 16.7 Å². The third-order valence-electron chi connectivity index (χ3n) is 2.98. The largest absolute Gasteiger partial charge is 0.508 e. The summed E-state index contributed by atoms with van der Waals surface area (Å²) in [5, 5.41) is 10.5. The Bertz CT molecular complexity index is 649. The number of benzene rings is 2. The van der Waals surface area contributed by atoms with E-state index in [1.165, 1.54) is 24.3 Å². The highest BCUT2D eigenvalue weighted by molar-refractivity contribution is 5.60. The summed E-state index contributed by atoms with van der Waals surface area (Å²) in [5.74, 6) is 0. The molecule has 0 unspecified atom stereocenters. The molecule has 2 rings (SSSR count). The fraction of sp³-hybridized carbons (Fsp3) is 0.188. The van der Waals surface area contributed by atoms with E-state index in [9.17, 15) is 14.9 Å². The van der Waals surface area contributed by atoms with Crippen LogP contribution in [0.2, 0.25) is 0 Å². The van der Waals surface area contributed by atoms with Gasteiger partial charge in [0.1, 0.15) is 13.2 Å².